The summed E-state index contributed by atoms with van der Waals surface area (Å²) in [5.74, 6) is 1.86. The van der Waals surface area contributed by atoms with E-state index in [-0.39, 0.29) is 0 Å². The second kappa shape index (κ2) is 6.22. The molecule has 0 aromatic carbocycles. The Morgan fingerprint density at radius 2 is 2.33 bits per heavy atom. The van der Waals surface area contributed by atoms with E-state index in [1.807, 2.05) is 26.0 Å². The predicted molar refractivity (Wildman–Crippen MR) is 80.1 cm³/mol. The molecule has 0 spiro atoms. The van der Waals surface area contributed by atoms with Crippen LogP contribution in [0.3, 0.4) is 0 Å². The van der Waals surface area contributed by atoms with Crippen molar-refractivity contribution in [2.45, 2.75) is 39.3 Å². The SMILES string of the molecule is Cc1noc(C)c1CNC1CCCN(c2cccnn2)C1. The van der Waals surface area contributed by atoms with Crippen LogP contribution >= 0.6 is 0 Å². The van der Waals surface area contributed by atoms with E-state index in [4.69, 9.17) is 4.52 Å². The summed E-state index contributed by atoms with van der Waals surface area (Å²) in [4.78, 5) is 2.29. The van der Waals surface area contributed by atoms with Crippen molar-refractivity contribution in [3.8, 4) is 0 Å². The van der Waals surface area contributed by atoms with Gasteiger partial charge in [-0.1, -0.05) is 5.16 Å². The van der Waals surface area contributed by atoms with Crippen LogP contribution in [0.2, 0.25) is 0 Å². The molecular weight excluding hydrogens is 266 g/mol. The van der Waals surface area contributed by atoms with Gasteiger partial charge in [0.1, 0.15) is 5.76 Å². The largest absolute Gasteiger partial charge is 0.361 e. The second-order valence-electron chi connectivity index (χ2n) is 5.55. The molecular formula is C15H21N5O. The highest BCUT2D eigenvalue weighted by Gasteiger charge is 2.21. The monoisotopic (exact) mass is 287 g/mol. The summed E-state index contributed by atoms with van der Waals surface area (Å²) in [6, 6.07) is 4.40. The Kier molecular flexibility index (Phi) is 4.15. The third-order valence-corrected chi connectivity index (χ3v) is 4.05. The fraction of sp³-hybridized carbons (Fsp3) is 0.533. The Bertz CT molecular complexity index is 564. The summed E-state index contributed by atoms with van der Waals surface area (Å²) < 4.78 is 5.21. The summed E-state index contributed by atoms with van der Waals surface area (Å²) in [5.41, 5.74) is 2.15. The van der Waals surface area contributed by atoms with Gasteiger partial charge in [-0.25, -0.2) is 0 Å². The molecule has 0 bridgehead atoms. The van der Waals surface area contributed by atoms with Gasteiger partial charge in [-0.3, -0.25) is 0 Å². The topological polar surface area (TPSA) is 67.1 Å². The van der Waals surface area contributed by atoms with Crippen LogP contribution in [0, 0.1) is 13.8 Å². The smallest absolute Gasteiger partial charge is 0.151 e. The molecule has 0 aliphatic carbocycles. The average Bonchev–Trinajstić information content (AvgIpc) is 2.85. The lowest BCUT2D eigenvalue weighted by Crippen LogP contribution is -2.45. The molecule has 1 aliphatic heterocycles. The van der Waals surface area contributed by atoms with E-state index in [1.165, 1.54) is 12.0 Å². The summed E-state index contributed by atoms with van der Waals surface area (Å²) in [6.07, 6.45) is 4.05. The number of hydrogen-bond donors (Lipinski definition) is 1. The van der Waals surface area contributed by atoms with E-state index < -0.39 is 0 Å². The minimum atomic E-state index is 0.453. The van der Waals surface area contributed by atoms with Crippen LogP contribution in [0.5, 0.6) is 0 Å². The van der Waals surface area contributed by atoms with Crippen LogP contribution in [0.1, 0.15) is 29.9 Å². The lowest BCUT2D eigenvalue weighted by Gasteiger charge is -2.33. The van der Waals surface area contributed by atoms with E-state index in [0.717, 1.165) is 43.3 Å². The van der Waals surface area contributed by atoms with Crippen LogP contribution < -0.4 is 10.2 Å². The Balaban J connectivity index is 1.59. The summed E-state index contributed by atoms with van der Waals surface area (Å²) in [6.45, 7) is 6.76. The van der Waals surface area contributed by atoms with Crippen molar-refractivity contribution in [2.75, 3.05) is 18.0 Å². The van der Waals surface area contributed by atoms with Crippen molar-refractivity contribution in [2.24, 2.45) is 0 Å². The molecule has 21 heavy (non-hydrogen) atoms. The van der Waals surface area contributed by atoms with Crippen molar-refractivity contribution < 1.29 is 4.52 Å². The maximum Gasteiger partial charge on any atom is 0.151 e. The number of nitrogens with zero attached hydrogens (tertiary/aromatic N) is 4. The van der Waals surface area contributed by atoms with Gasteiger partial charge in [0.15, 0.2) is 5.82 Å². The fourth-order valence-corrected chi connectivity index (χ4v) is 2.81. The van der Waals surface area contributed by atoms with Crippen LogP contribution in [-0.2, 0) is 6.54 Å². The number of nitrogens with one attached hydrogen (secondary N) is 1. The molecule has 3 rings (SSSR count). The van der Waals surface area contributed by atoms with Gasteiger partial charge in [0.05, 0.1) is 5.69 Å². The number of rotatable bonds is 4. The summed E-state index contributed by atoms with van der Waals surface area (Å²) in [5, 5.41) is 15.8. The first-order valence-electron chi connectivity index (χ1n) is 7.42. The summed E-state index contributed by atoms with van der Waals surface area (Å²) >= 11 is 0. The van der Waals surface area contributed by atoms with Gasteiger partial charge in [-0.05, 0) is 38.8 Å². The Morgan fingerprint density at radius 1 is 1.43 bits per heavy atom. The molecule has 2 aromatic heterocycles. The van der Waals surface area contributed by atoms with Crippen molar-refractivity contribution in [3.63, 3.8) is 0 Å². The van der Waals surface area contributed by atoms with Gasteiger partial charge >= 0.3 is 0 Å². The lowest BCUT2D eigenvalue weighted by molar-refractivity contribution is 0.389. The van der Waals surface area contributed by atoms with Gasteiger partial charge in [0, 0.05) is 37.4 Å². The zero-order valence-corrected chi connectivity index (χ0v) is 12.5. The highest BCUT2D eigenvalue weighted by Crippen LogP contribution is 2.18. The molecule has 6 heteroatoms. The van der Waals surface area contributed by atoms with E-state index in [0.29, 0.717) is 6.04 Å². The Morgan fingerprint density at radius 3 is 3.05 bits per heavy atom. The number of anilines is 1. The lowest BCUT2D eigenvalue weighted by atomic mass is 10.0. The first-order chi connectivity index (χ1) is 10.2. The summed E-state index contributed by atoms with van der Waals surface area (Å²) in [7, 11) is 0. The van der Waals surface area contributed by atoms with E-state index >= 15 is 0 Å². The number of aryl methyl sites for hydroxylation is 2. The number of aromatic nitrogens is 3. The standard InChI is InChI=1S/C15H21N5O/c1-11-14(12(2)21-19-11)9-16-13-5-4-8-20(10-13)15-6-3-7-17-18-15/h3,6-7,13,16H,4-5,8-10H2,1-2H3. The molecule has 1 fully saturated rings. The van der Waals surface area contributed by atoms with Gasteiger partial charge in [0.25, 0.3) is 0 Å². The molecule has 0 amide bonds. The number of hydrogen-bond acceptors (Lipinski definition) is 6. The average molecular weight is 287 g/mol. The number of piperidine rings is 1. The fourth-order valence-electron chi connectivity index (χ4n) is 2.81. The van der Waals surface area contributed by atoms with Crippen molar-refractivity contribution in [3.05, 3.63) is 35.3 Å². The zero-order valence-electron chi connectivity index (χ0n) is 12.5. The van der Waals surface area contributed by atoms with Crippen LogP contribution in [-0.4, -0.2) is 34.5 Å². The van der Waals surface area contributed by atoms with Gasteiger partial charge in [0.2, 0.25) is 0 Å². The van der Waals surface area contributed by atoms with Crippen LogP contribution in [0.15, 0.2) is 22.9 Å². The molecule has 112 valence electrons. The molecule has 1 aliphatic rings. The molecule has 1 saturated heterocycles. The third-order valence-electron chi connectivity index (χ3n) is 4.05. The third kappa shape index (κ3) is 3.21. The van der Waals surface area contributed by atoms with Gasteiger partial charge < -0.3 is 14.7 Å². The van der Waals surface area contributed by atoms with E-state index in [2.05, 4.69) is 25.6 Å². The van der Waals surface area contributed by atoms with Gasteiger partial charge in [-0.2, -0.15) is 5.10 Å². The molecule has 2 aromatic rings. The molecule has 1 atom stereocenters. The second-order valence-corrected chi connectivity index (χ2v) is 5.55. The maximum absolute atomic E-state index is 5.21. The highest BCUT2D eigenvalue weighted by molar-refractivity contribution is 5.37. The Hall–Kier alpha value is -1.95. The molecule has 0 radical (unpaired) electrons. The predicted octanol–water partition coefficient (Wildman–Crippen LogP) is 1.84. The quantitative estimate of drug-likeness (QED) is 0.925. The van der Waals surface area contributed by atoms with Crippen LogP contribution in [0.4, 0.5) is 5.82 Å². The van der Waals surface area contributed by atoms with Crippen molar-refractivity contribution in [1.29, 1.82) is 0 Å². The molecule has 3 heterocycles. The molecule has 6 nitrogen and oxygen atoms in total. The molecule has 1 N–H and O–H groups in total. The minimum absolute atomic E-state index is 0.453. The first kappa shape index (κ1) is 14.0. The van der Waals surface area contributed by atoms with Crippen LogP contribution in [0.25, 0.3) is 0 Å². The first-order valence-corrected chi connectivity index (χ1v) is 7.42. The molecule has 0 saturated carbocycles. The van der Waals surface area contributed by atoms with E-state index in [1.54, 1.807) is 6.20 Å². The Labute approximate surface area is 124 Å². The van der Waals surface area contributed by atoms with Gasteiger partial charge in [-0.15, -0.1) is 5.10 Å². The minimum Gasteiger partial charge on any atom is -0.361 e. The van der Waals surface area contributed by atoms with Crippen molar-refractivity contribution >= 4 is 5.82 Å². The van der Waals surface area contributed by atoms with E-state index in [9.17, 15) is 0 Å². The molecule has 1 unspecified atom stereocenters. The zero-order chi connectivity index (χ0) is 14.7. The highest BCUT2D eigenvalue weighted by atomic mass is 16.5. The maximum atomic E-state index is 5.21. The normalized spacial score (nSPS) is 19.0. The van der Waals surface area contributed by atoms with Crippen molar-refractivity contribution in [1.82, 2.24) is 20.7 Å².